The van der Waals surface area contributed by atoms with Crippen molar-refractivity contribution in [1.29, 1.82) is 0 Å². The van der Waals surface area contributed by atoms with Gasteiger partial charge in [0, 0.05) is 0 Å². The number of fused-ring (bicyclic) bond motifs is 2. The Morgan fingerprint density at radius 1 is 1.25 bits per heavy atom. The zero-order valence-electron chi connectivity index (χ0n) is 6.77. The summed E-state index contributed by atoms with van der Waals surface area (Å²) in [5.41, 5.74) is -0.156. The topological polar surface area (TPSA) is 43.2 Å². The van der Waals surface area contributed by atoms with E-state index in [1.165, 1.54) is 0 Å². The fourth-order valence-electron chi connectivity index (χ4n) is 2.23. The van der Waals surface area contributed by atoms with E-state index in [4.69, 9.17) is 9.78 Å². The van der Waals surface area contributed by atoms with E-state index >= 15 is 0 Å². The van der Waals surface area contributed by atoms with Gasteiger partial charge in [-0.05, 0) is 25.7 Å². The zero-order valence-corrected chi connectivity index (χ0v) is 6.77. The van der Waals surface area contributed by atoms with Gasteiger partial charge in [-0.3, -0.25) is 0 Å². The summed E-state index contributed by atoms with van der Waals surface area (Å²) in [6.45, 7) is 1.66. The van der Waals surface area contributed by atoms with Gasteiger partial charge in [0.2, 0.25) is 0 Å². The molecule has 0 aromatic carbocycles. The lowest BCUT2D eigenvalue weighted by Crippen LogP contribution is -2.40. The van der Waals surface area contributed by atoms with E-state index in [9.17, 15) is 0 Å². The summed E-state index contributed by atoms with van der Waals surface area (Å²) in [6, 6.07) is 0.489. The van der Waals surface area contributed by atoms with Crippen molar-refractivity contribution in [3.05, 3.63) is 6.61 Å². The van der Waals surface area contributed by atoms with Crippen molar-refractivity contribution >= 4 is 0 Å². The molecule has 3 heterocycles. The van der Waals surface area contributed by atoms with Crippen LogP contribution in [0.25, 0.3) is 0 Å². The Morgan fingerprint density at radius 3 is 2.92 bits per heavy atom. The van der Waals surface area contributed by atoms with E-state index in [0.717, 1.165) is 25.7 Å². The van der Waals surface area contributed by atoms with Crippen molar-refractivity contribution in [2.75, 3.05) is 0 Å². The molecule has 1 unspecified atom stereocenters. The number of azo groups is 1. The molecule has 0 aromatic rings. The van der Waals surface area contributed by atoms with Gasteiger partial charge in [0.15, 0.2) is 6.61 Å². The minimum absolute atomic E-state index is 0.0463. The van der Waals surface area contributed by atoms with Gasteiger partial charge >= 0.3 is 0 Å². The maximum atomic E-state index is 5.30. The van der Waals surface area contributed by atoms with Gasteiger partial charge in [-0.2, -0.15) is 10.2 Å². The third-order valence-corrected chi connectivity index (χ3v) is 3.09. The Morgan fingerprint density at radius 2 is 2.08 bits per heavy atom. The van der Waals surface area contributed by atoms with E-state index in [0.29, 0.717) is 6.04 Å². The van der Waals surface area contributed by atoms with Crippen LogP contribution in [0.4, 0.5) is 0 Å². The average Bonchev–Trinajstić information content (AvgIpc) is 2.32. The quantitative estimate of drug-likeness (QED) is 0.514. The van der Waals surface area contributed by atoms with Crippen molar-refractivity contribution in [3.63, 3.8) is 0 Å². The molecule has 1 saturated carbocycles. The number of hydrogen-bond acceptors (Lipinski definition) is 4. The maximum absolute atomic E-state index is 5.30. The van der Waals surface area contributed by atoms with Crippen LogP contribution >= 0.6 is 0 Å². The maximum Gasteiger partial charge on any atom is 0.152 e. The molecule has 4 rings (SSSR count). The first-order valence-corrected chi connectivity index (χ1v) is 4.47. The normalized spacial score (nSPS) is 50.7. The second-order valence-corrected chi connectivity index (χ2v) is 3.79. The van der Waals surface area contributed by atoms with Crippen LogP contribution < -0.4 is 0 Å². The molecule has 12 heavy (non-hydrogen) atoms. The molecule has 3 aliphatic heterocycles. The molecule has 2 fully saturated rings. The first kappa shape index (κ1) is 6.97. The molecule has 4 heteroatoms. The van der Waals surface area contributed by atoms with E-state index in [1.807, 2.05) is 0 Å². The van der Waals surface area contributed by atoms with Crippen molar-refractivity contribution in [3.8, 4) is 0 Å². The second kappa shape index (κ2) is 2.26. The number of hydrogen-bond donors (Lipinski definition) is 0. The van der Waals surface area contributed by atoms with E-state index in [1.54, 1.807) is 6.61 Å². The lowest BCUT2D eigenvalue weighted by molar-refractivity contribution is -0.301. The predicted molar refractivity (Wildman–Crippen MR) is 40.1 cm³/mol. The smallest absolute Gasteiger partial charge is 0.152 e. The zero-order chi connectivity index (χ0) is 8.02. The second-order valence-electron chi connectivity index (χ2n) is 3.79. The van der Waals surface area contributed by atoms with Crippen LogP contribution in [0, 0.1) is 6.61 Å². The Hall–Kier alpha value is -0.480. The fraction of sp³-hybridized carbons (Fsp3) is 0.875. The van der Waals surface area contributed by atoms with Gasteiger partial charge in [-0.25, -0.2) is 9.78 Å². The highest BCUT2D eigenvalue weighted by Crippen LogP contribution is 2.44. The van der Waals surface area contributed by atoms with Crippen LogP contribution in [-0.2, 0) is 9.78 Å². The Kier molecular flexibility index (Phi) is 1.32. The number of rotatable bonds is 0. The molecule has 0 aromatic heterocycles. The minimum Gasteiger partial charge on any atom is -0.227 e. The summed E-state index contributed by atoms with van der Waals surface area (Å²) in [6.07, 6.45) is 4.26. The summed E-state index contributed by atoms with van der Waals surface area (Å²) < 4.78 is 0. The van der Waals surface area contributed by atoms with E-state index < -0.39 is 0 Å². The van der Waals surface area contributed by atoms with Crippen LogP contribution in [0.5, 0.6) is 0 Å². The van der Waals surface area contributed by atoms with Crippen LogP contribution in [-0.4, -0.2) is 17.7 Å². The van der Waals surface area contributed by atoms with Crippen molar-refractivity contribution in [1.82, 2.24) is 0 Å². The van der Waals surface area contributed by atoms with Gasteiger partial charge in [0.05, 0.1) is 6.04 Å². The summed E-state index contributed by atoms with van der Waals surface area (Å²) in [4.78, 5) is 10.2. The van der Waals surface area contributed by atoms with Gasteiger partial charge in [0.1, 0.15) is 11.6 Å². The Bertz CT molecular complexity index is 221. The third-order valence-electron chi connectivity index (χ3n) is 3.09. The summed E-state index contributed by atoms with van der Waals surface area (Å²) in [7, 11) is 0. The van der Waals surface area contributed by atoms with Crippen LogP contribution in [0.3, 0.4) is 0 Å². The van der Waals surface area contributed by atoms with Crippen LogP contribution in [0.2, 0.25) is 0 Å². The molecule has 0 N–H and O–H groups in total. The molecule has 65 valence electrons. The summed E-state index contributed by atoms with van der Waals surface area (Å²) in [5, 5.41) is 8.47. The van der Waals surface area contributed by atoms with Crippen LogP contribution in [0.15, 0.2) is 10.2 Å². The summed E-state index contributed by atoms with van der Waals surface area (Å²) >= 11 is 0. The minimum atomic E-state index is -0.156. The third kappa shape index (κ3) is 0.793. The largest absolute Gasteiger partial charge is 0.227 e. The lowest BCUT2D eigenvalue weighted by atomic mass is 9.79. The number of nitrogens with zero attached hydrogens (tertiary/aromatic N) is 2. The van der Waals surface area contributed by atoms with Crippen molar-refractivity contribution in [2.45, 2.75) is 43.4 Å². The SMILES string of the molecule is [CH]1OOC23CCC(CC2)N=NC13. The molecule has 4 aliphatic rings. The van der Waals surface area contributed by atoms with Gasteiger partial charge in [-0.1, -0.05) is 0 Å². The van der Waals surface area contributed by atoms with Gasteiger partial charge < -0.3 is 0 Å². The standard InChI is InChI=1S/C8H11N2O2/c1-3-8-4-2-6(1)9-10-7(8)5-11-12-8/h5-7H,1-4H2. The van der Waals surface area contributed by atoms with Gasteiger partial charge in [-0.15, -0.1) is 0 Å². The van der Waals surface area contributed by atoms with Crippen molar-refractivity contribution < 1.29 is 9.78 Å². The Labute approximate surface area is 70.9 Å². The first-order chi connectivity index (χ1) is 5.89. The molecular formula is C8H11N2O2. The van der Waals surface area contributed by atoms with E-state index in [2.05, 4.69) is 10.2 Å². The average molecular weight is 167 g/mol. The van der Waals surface area contributed by atoms with Gasteiger partial charge in [0.25, 0.3) is 0 Å². The molecule has 1 aliphatic carbocycles. The molecule has 1 saturated heterocycles. The highest BCUT2D eigenvalue weighted by atomic mass is 17.2. The molecule has 1 atom stereocenters. The monoisotopic (exact) mass is 167 g/mol. The molecular weight excluding hydrogens is 156 g/mol. The molecule has 0 amide bonds. The first-order valence-electron chi connectivity index (χ1n) is 4.47. The molecule has 4 nitrogen and oxygen atoms in total. The molecule has 1 spiro atoms. The predicted octanol–water partition coefficient (Wildman–Crippen LogP) is 1.63. The Balaban J connectivity index is 1.99. The lowest BCUT2D eigenvalue weighted by Gasteiger charge is -2.31. The molecule has 1 radical (unpaired) electrons. The molecule has 2 bridgehead atoms. The summed E-state index contributed by atoms with van der Waals surface area (Å²) in [5.74, 6) is 0. The van der Waals surface area contributed by atoms with E-state index in [-0.39, 0.29) is 11.6 Å². The fourth-order valence-corrected chi connectivity index (χ4v) is 2.23. The highest BCUT2D eigenvalue weighted by Gasteiger charge is 2.51. The van der Waals surface area contributed by atoms with Crippen molar-refractivity contribution in [2.24, 2.45) is 10.2 Å². The van der Waals surface area contributed by atoms with Crippen LogP contribution in [0.1, 0.15) is 25.7 Å². The highest BCUT2D eigenvalue weighted by molar-refractivity contribution is 5.05.